The van der Waals surface area contributed by atoms with Crippen LogP contribution in [0.3, 0.4) is 0 Å². The number of rotatable bonds is 5. The van der Waals surface area contributed by atoms with E-state index in [-0.39, 0.29) is 0 Å². The first-order valence-corrected chi connectivity index (χ1v) is 19.8. The highest BCUT2D eigenvalue weighted by molar-refractivity contribution is 7.25. The zero-order valence-electron chi connectivity index (χ0n) is 30.4. The van der Waals surface area contributed by atoms with E-state index in [1.54, 1.807) is 0 Å². The van der Waals surface area contributed by atoms with Crippen LogP contribution in [0.25, 0.3) is 115 Å². The van der Waals surface area contributed by atoms with Gasteiger partial charge in [0, 0.05) is 64.0 Å². The summed E-state index contributed by atoms with van der Waals surface area (Å²) < 4.78 is 12.1. The molecule has 0 N–H and O–H groups in total. The number of hydrogen-bond donors (Lipinski definition) is 0. The lowest BCUT2D eigenvalue weighted by Crippen LogP contribution is -2.01. The Bertz CT molecular complexity index is 3420. The van der Waals surface area contributed by atoms with Gasteiger partial charge in [0.15, 0.2) is 23.1 Å². The molecule has 4 aromatic heterocycles. The number of benzene rings is 8. The molecule has 0 amide bonds. The predicted octanol–water partition coefficient (Wildman–Crippen LogP) is 13.9. The molecule has 12 rings (SSSR count). The molecule has 0 spiro atoms. The smallest absolute Gasteiger partial charge is 0.164 e. The van der Waals surface area contributed by atoms with Gasteiger partial charge in [-0.25, -0.2) is 15.0 Å². The molecule has 0 aliphatic rings. The zero-order valence-corrected chi connectivity index (χ0v) is 31.2. The van der Waals surface area contributed by atoms with Gasteiger partial charge in [0.05, 0.1) is 16.7 Å². The SMILES string of the molecule is c1ccc(-c2nc(-c3ccccc3)nc(-c3ccc4c(oc5c(-n6c7ccccc7c7ccccc76)cccc54)c3-c3ccc4sc5ccccc5c4c3)n2)cc1. The molecule has 0 saturated heterocycles. The summed E-state index contributed by atoms with van der Waals surface area (Å²) in [7, 11) is 0. The van der Waals surface area contributed by atoms with Crippen molar-refractivity contribution in [3.8, 4) is 51.0 Å². The van der Waals surface area contributed by atoms with Crippen LogP contribution in [0.4, 0.5) is 0 Å². The van der Waals surface area contributed by atoms with E-state index in [2.05, 4.69) is 126 Å². The second kappa shape index (κ2) is 12.6. The maximum absolute atomic E-state index is 7.27. The van der Waals surface area contributed by atoms with Gasteiger partial charge in [-0.3, -0.25) is 0 Å². The topological polar surface area (TPSA) is 56.7 Å². The minimum absolute atomic E-state index is 0.581. The number of aromatic nitrogens is 4. The first kappa shape index (κ1) is 31.9. The molecule has 4 heterocycles. The molecule has 0 fully saturated rings. The molecular weight excluding hydrogens is 717 g/mol. The van der Waals surface area contributed by atoms with Crippen molar-refractivity contribution in [3.05, 3.63) is 182 Å². The van der Waals surface area contributed by atoms with Gasteiger partial charge in [0.2, 0.25) is 0 Å². The Labute approximate surface area is 330 Å². The summed E-state index contributed by atoms with van der Waals surface area (Å²) >= 11 is 1.82. The molecule has 0 saturated carbocycles. The number of fused-ring (bicyclic) bond motifs is 9. The molecule has 0 radical (unpaired) electrons. The second-order valence-electron chi connectivity index (χ2n) is 14.3. The van der Waals surface area contributed by atoms with Crippen LogP contribution in [0.15, 0.2) is 186 Å². The van der Waals surface area contributed by atoms with E-state index in [0.717, 1.165) is 66.5 Å². The minimum atomic E-state index is 0.581. The van der Waals surface area contributed by atoms with Gasteiger partial charge in [-0.05, 0) is 54.1 Å². The Balaban J connectivity index is 1.18. The van der Waals surface area contributed by atoms with E-state index in [1.807, 2.05) is 72.0 Å². The largest absolute Gasteiger partial charge is 0.453 e. The number of nitrogens with zero attached hydrogens (tertiary/aromatic N) is 4. The van der Waals surface area contributed by atoms with Gasteiger partial charge in [-0.15, -0.1) is 11.3 Å². The van der Waals surface area contributed by atoms with Crippen LogP contribution < -0.4 is 0 Å². The van der Waals surface area contributed by atoms with E-state index in [4.69, 9.17) is 19.4 Å². The molecule has 8 aromatic carbocycles. The van der Waals surface area contributed by atoms with Gasteiger partial charge in [-0.1, -0.05) is 133 Å². The zero-order chi connectivity index (χ0) is 37.5. The third kappa shape index (κ3) is 4.98. The summed E-state index contributed by atoms with van der Waals surface area (Å²) in [5.74, 6) is 1.81. The maximum Gasteiger partial charge on any atom is 0.164 e. The molecule has 12 aromatic rings. The molecule has 6 heteroatoms. The molecule has 0 unspecified atom stereocenters. The molecular formula is C51H30N4OS. The van der Waals surface area contributed by atoms with E-state index >= 15 is 0 Å². The van der Waals surface area contributed by atoms with Crippen molar-refractivity contribution in [1.82, 2.24) is 19.5 Å². The van der Waals surface area contributed by atoms with Gasteiger partial charge in [0.25, 0.3) is 0 Å². The summed E-state index contributed by atoms with van der Waals surface area (Å²) in [6.07, 6.45) is 0. The monoisotopic (exact) mass is 746 g/mol. The normalized spacial score (nSPS) is 11.9. The molecule has 0 bridgehead atoms. The summed E-state index contributed by atoms with van der Waals surface area (Å²) in [6.45, 7) is 0. The third-order valence-corrected chi connectivity index (χ3v) is 12.2. The quantitative estimate of drug-likeness (QED) is 0.176. The number of hydrogen-bond acceptors (Lipinski definition) is 5. The van der Waals surface area contributed by atoms with Crippen LogP contribution in [0.1, 0.15) is 0 Å². The first-order chi connectivity index (χ1) is 28.3. The van der Waals surface area contributed by atoms with Gasteiger partial charge in [-0.2, -0.15) is 0 Å². The number of para-hydroxylation sites is 3. The molecule has 57 heavy (non-hydrogen) atoms. The fraction of sp³-hybridized carbons (Fsp3) is 0. The molecule has 266 valence electrons. The van der Waals surface area contributed by atoms with E-state index < -0.39 is 0 Å². The van der Waals surface area contributed by atoms with Crippen LogP contribution in [0.2, 0.25) is 0 Å². The Kier molecular flexibility index (Phi) is 7.03. The van der Waals surface area contributed by atoms with Crippen molar-refractivity contribution in [3.63, 3.8) is 0 Å². The van der Waals surface area contributed by atoms with Crippen molar-refractivity contribution in [2.75, 3.05) is 0 Å². The Morgan fingerprint density at radius 1 is 0.386 bits per heavy atom. The van der Waals surface area contributed by atoms with Crippen molar-refractivity contribution in [2.24, 2.45) is 0 Å². The van der Waals surface area contributed by atoms with E-state index in [1.165, 1.54) is 30.9 Å². The Morgan fingerprint density at radius 2 is 0.947 bits per heavy atom. The summed E-state index contributed by atoms with van der Waals surface area (Å²) in [5, 5.41) is 6.94. The standard InChI is InChI=1S/C51H30N4OS/c1-3-14-31(15-4-1)49-52-50(32-16-5-2-6-17-32)54-51(53-49)39-28-27-38-37-21-13-24-43(55-41-22-10-7-18-34(41)35-19-8-11-23-42(35)55)47(37)56-48(38)46(39)33-26-29-45-40(30-33)36-20-9-12-25-44(36)57-45/h1-30H. The minimum Gasteiger partial charge on any atom is -0.453 e. The van der Waals surface area contributed by atoms with Crippen LogP contribution in [-0.2, 0) is 0 Å². The lowest BCUT2D eigenvalue weighted by atomic mass is 9.95. The third-order valence-electron chi connectivity index (χ3n) is 11.1. The van der Waals surface area contributed by atoms with E-state index in [0.29, 0.717) is 17.5 Å². The highest BCUT2D eigenvalue weighted by Crippen LogP contribution is 2.46. The Morgan fingerprint density at radius 3 is 1.65 bits per heavy atom. The van der Waals surface area contributed by atoms with Gasteiger partial charge >= 0.3 is 0 Å². The van der Waals surface area contributed by atoms with Crippen molar-refractivity contribution in [2.45, 2.75) is 0 Å². The highest BCUT2D eigenvalue weighted by Gasteiger charge is 2.24. The fourth-order valence-electron chi connectivity index (χ4n) is 8.49. The Hall–Kier alpha value is -7.41. The van der Waals surface area contributed by atoms with Crippen molar-refractivity contribution in [1.29, 1.82) is 0 Å². The van der Waals surface area contributed by atoms with Crippen LogP contribution in [-0.4, -0.2) is 19.5 Å². The fourth-order valence-corrected chi connectivity index (χ4v) is 9.58. The maximum atomic E-state index is 7.27. The lowest BCUT2D eigenvalue weighted by molar-refractivity contribution is 0.667. The van der Waals surface area contributed by atoms with Crippen molar-refractivity contribution < 1.29 is 4.42 Å². The summed E-state index contributed by atoms with van der Waals surface area (Å²) in [6, 6.07) is 63.7. The second-order valence-corrected chi connectivity index (χ2v) is 15.4. The average Bonchev–Trinajstić information content (AvgIpc) is 3.96. The summed E-state index contributed by atoms with van der Waals surface area (Å²) in [4.78, 5) is 15.4. The van der Waals surface area contributed by atoms with Crippen LogP contribution >= 0.6 is 11.3 Å². The van der Waals surface area contributed by atoms with Gasteiger partial charge in [0.1, 0.15) is 5.58 Å². The molecule has 0 aliphatic heterocycles. The predicted molar refractivity (Wildman–Crippen MR) is 236 cm³/mol. The van der Waals surface area contributed by atoms with Crippen LogP contribution in [0.5, 0.6) is 0 Å². The van der Waals surface area contributed by atoms with Crippen LogP contribution in [0, 0.1) is 0 Å². The molecule has 0 aliphatic carbocycles. The molecule has 0 atom stereocenters. The first-order valence-electron chi connectivity index (χ1n) is 19.0. The van der Waals surface area contributed by atoms with Gasteiger partial charge < -0.3 is 8.98 Å². The van der Waals surface area contributed by atoms with E-state index in [9.17, 15) is 0 Å². The van der Waals surface area contributed by atoms with Crippen molar-refractivity contribution >= 4 is 75.3 Å². The average molecular weight is 747 g/mol. The lowest BCUT2D eigenvalue weighted by Gasteiger charge is -2.13. The molecule has 5 nitrogen and oxygen atoms in total. The highest BCUT2D eigenvalue weighted by atomic mass is 32.1. The number of thiophene rings is 1. The number of furan rings is 1. The summed E-state index contributed by atoms with van der Waals surface area (Å²) in [5.41, 5.74) is 9.57.